The van der Waals surface area contributed by atoms with Crippen molar-refractivity contribution in [1.82, 2.24) is 10.2 Å². The second kappa shape index (κ2) is 6.01. The fraction of sp³-hybridized carbons (Fsp3) is 0.533. The number of carbonyl (C=O) groups excluding carboxylic acids is 1. The lowest BCUT2D eigenvalue weighted by Crippen LogP contribution is -2.43. The molecule has 3 nitrogen and oxygen atoms in total. The van der Waals surface area contributed by atoms with Crippen LogP contribution in [0, 0.1) is 6.92 Å². The molecule has 2 rings (SSSR count). The van der Waals surface area contributed by atoms with E-state index in [-0.39, 0.29) is 11.9 Å². The molecular formula is C15H22N2O. The van der Waals surface area contributed by atoms with E-state index in [1.807, 2.05) is 11.8 Å². The van der Waals surface area contributed by atoms with Crippen LogP contribution in [0.15, 0.2) is 24.3 Å². The largest absolute Gasteiger partial charge is 0.341 e. The molecule has 1 fully saturated rings. The fourth-order valence-corrected chi connectivity index (χ4v) is 2.39. The number of hydrogen-bond acceptors (Lipinski definition) is 2. The summed E-state index contributed by atoms with van der Waals surface area (Å²) in [6.07, 6.45) is 2.30. The Bertz CT molecular complexity index is 411. The third-order valence-electron chi connectivity index (χ3n) is 3.48. The molecule has 0 aromatic heterocycles. The molecule has 3 heteroatoms. The molecule has 1 heterocycles. The van der Waals surface area contributed by atoms with Crippen LogP contribution in [0.1, 0.15) is 30.9 Å². The van der Waals surface area contributed by atoms with E-state index in [2.05, 4.69) is 36.5 Å². The Labute approximate surface area is 109 Å². The molecular weight excluding hydrogens is 224 g/mol. The molecule has 1 aromatic carbocycles. The van der Waals surface area contributed by atoms with Crippen molar-refractivity contribution >= 4 is 5.91 Å². The summed E-state index contributed by atoms with van der Waals surface area (Å²) in [5.41, 5.74) is 2.49. The molecule has 1 saturated heterocycles. The van der Waals surface area contributed by atoms with Crippen molar-refractivity contribution in [3.63, 3.8) is 0 Å². The Balaban J connectivity index is 1.84. The Kier molecular flexibility index (Phi) is 4.37. The molecule has 1 aromatic rings. The van der Waals surface area contributed by atoms with Gasteiger partial charge in [0.05, 0.1) is 6.04 Å². The van der Waals surface area contributed by atoms with E-state index in [1.165, 1.54) is 11.1 Å². The van der Waals surface area contributed by atoms with Gasteiger partial charge in [-0.1, -0.05) is 29.8 Å². The molecule has 1 atom stereocenters. The van der Waals surface area contributed by atoms with E-state index < -0.39 is 0 Å². The monoisotopic (exact) mass is 246 g/mol. The maximum Gasteiger partial charge on any atom is 0.239 e. The molecule has 1 aliphatic heterocycles. The minimum atomic E-state index is -0.0939. The zero-order valence-electron chi connectivity index (χ0n) is 11.3. The first-order valence-electron chi connectivity index (χ1n) is 6.74. The smallest absolute Gasteiger partial charge is 0.239 e. The first kappa shape index (κ1) is 13.1. The Hall–Kier alpha value is -1.35. The molecule has 18 heavy (non-hydrogen) atoms. The quantitative estimate of drug-likeness (QED) is 0.882. The van der Waals surface area contributed by atoms with Crippen molar-refractivity contribution < 1.29 is 4.79 Å². The second-order valence-electron chi connectivity index (χ2n) is 5.12. The van der Waals surface area contributed by atoms with Crippen LogP contribution < -0.4 is 5.32 Å². The van der Waals surface area contributed by atoms with Gasteiger partial charge in [0, 0.05) is 19.6 Å². The van der Waals surface area contributed by atoms with E-state index >= 15 is 0 Å². The number of rotatable bonds is 4. The van der Waals surface area contributed by atoms with Crippen molar-refractivity contribution in [1.29, 1.82) is 0 Å². The van der Waals surface area contributed by atoms with Gasteiger partial charge < -0.3 is 10.2 Å². The number of hydrogen-bond donors (Lipinski definition) is 1. The van der Waals surface area contributed by atoms with Crippen LogP contribution >= 0.6 is 0 Å². The normalized spacial score (nSPS) is 16.9. The van der Waals surface area contributed by atoms with Crippen LogP contribution in [0.25, 0.3) is 0 Å². The summed E-state index contributed by atoms with van der Waals surface area (Å²) < 4.78 is 0. The maximum absolute atomic E-state index is 12.1. The summed E-state index contributed by atoms with van der Waals surface area (Å²) in [5, 5.41) is 3.31. The van der Waals surface area contributed by atoms with E-state index in [0.717, 1.165) is 32.5 Å². The maximum atomic E-state index is 12.1. The van der Waals surface area contributed by atoms with Crippen LogP contribution in [0.5, 0.6) is 0 Å². The highest BCUT2D eigenvalue weighted by molar-refractivity contribution is 5.81. The first-order valence-corrected chi connectivity index (χ1v) is 6.74. The number of nitrogens with zero attached hydrogens (tertiary/aromatic N) is 1. The summed E-state index contributed by atoms with van der Waals surface area (Å²) in [4.78, 5) is 14.1. The molecule has 0 radical (unpaired) electrons. The first-order chi connectivity index (χ1) is 8.66. The topological polar surface area (TPSA) is 32.3 Å². The average molecular weight is 246 g/mol. The van der Waals surface area contributed by atoms with Crippen LogP contribution in [0.2, 0.25) is 0 Å². The highest BCUT2D eigenvalue weighted by Gasteiger charge is 2.22. The van der Waals surface area contributed by atoms with Gasteiger partial charge in [-0.05, 0) is 32.3 Å². The molecule has 1 unspecified atom stereocenters. The van der Waals surface area contributed by atoms with Crippen molar-refractivity contribution in [3.8, 4) is 0 Å². The zero-order chi connectivity index (χ0) is 13.0. The summed E-state index contributed by atoms with van der Waals surface area (Å²) in [5.74, 6) is 0.236. The van der Waals surface area contributed by atoms with Crippen LogP contribution in [0.3, 0.4) is 0 Å². The number of nitrogens with one attached hydrogen (secondary N) is 1. The highest BCUT2D eigenvalue weighted by atomic mass is 16.2. The standard InChI is InChI=1S/C15H22N2O/c1-12-6-5-7-14(10-12)11-16-13(2)15(18)17-8-3-4-9-17/h5-7,10,13,16H,3-4,8-9,11H2,1-2H3. The predicted molar refractivity (Wildman–Crippen MR) is 73.3 cm³/mol. The molecule has 0 spiro atoms. The third kappa shape index (κ3) is 3.33. The molecule has 0 aliphatic carbocycles. The fourth-order valence-electron chi connectivity index (χ4n) is 2.39. The van der Waals surface area contributed by atoms with Crippen LogP contribution in [-0.2, 0) is 11.3 Å². The minimum absolute atomic E-state index is 0.0939. The number of amides is 1. The van der Waals surface area contributed by atoms with E-state index in [4.69, 9.17) is 0 Å². The van der Waals surface area contributed by atoms with Crippen molar-refractivity contribution in [3.05, 3.63) is 35.4 Å². The third-order valence-corrected chi connectivity index (χ3v) is 3.48. The molecule has 1 amide bonds. The molecule has 1 aliphatic rings. The van der Waals surface area contributed by atoms with Gasteiger partial charge in [-0.3, -0.25) is 4.79 Å². The van der Waals surface area contributed by atoms with Gasteiger partial charge in [-0.25, -0.2) is 0 Å². The minimum Gasteiger partial charge on any atom is -0.341 e. The van der Waals surface area contributed by atoms with Crippen molar-refractivity contribution in [2.45, 2.75) is 39.3 Å². The van der Waals surface area contributed by atoms with Crippen molar-refractivity contribution in [2.75, 3.05) is 13.1 Å². The lowest BCUT2D eigenvalue weighted by Gasteiger charge is -2.21. The lowest BCUT2D eigenvalue weighted by atomic mass is 10.1. The van der Waals surface area contributed by atoms with E-state index in [9.17, 15) is 4.79 Å². The Morgan fingerprint density at radius 1 is 1.39 bits per heavy atom. The number of benzene rings is 1. The van der Waals surface area contributed by atoms with Gasteiger partial charge in [0.2, 0.25) is 5.91 Å². The Morgan fingerprint density at radius 3 is 2.78 bits per heavy atom. The number of carbonyl (C=O) groups is 1. The summed E-state index contributed by atoms with van der Waals surface area (Å²) in [6, 6.07) is 8.29. The average Bonchev–Trinajstić information content (AvgIpc) is 2.89. The highest BCUT2D eigenvalue weighted by Crippen LogP contribution is 2.09. The van der Waals surface area contributed by atoms with Crippen molar-refractivity contribution in [2.24, 2.45) is 0 Å². The Morgan fingerprint density at radius 2 is 2.11 bits per heavy atom. The summed E-state index contributed by atoms with van der Waals surface area (Å²) in [6.45, 7) is 6.64. The van der Waals surface area contributed by atoms with Gasteiger partial charge in [-0.2, -0.15) is 0 Å². The number of aryl methyl sites for hydroxylation is 1. The second-order valence-corrected chi connectivity index (χ2v) is 5.12. The van der Waals surface area contributed by atoms with Gasteiger partial charge in [0.15, 0.2) is 0 Å². The van der Waals surface area contributed by atoms with Crippen LogP contribution in [0.4, 0.5) is 0 Å². The predicted octanol–water partition coefficient (Wildman–Crippen LogP) is 2.10. The number of likely N-dealkylation sites (tertiary alicyclic amines) is 1. The van der Waals surface area contributed by atoms with E-state index in [1.54, 1.807) is 0 Å². The zero-order valence-corrected chi connectivity index (χ0v) is 11.3. The van der Waals surface area contributed by atoms with E-state index in [0.29, 0.717) is 0 Å². The van der Waals surface area contributed by atoms with Gasteiger partial charge in [-0.15, -0.1) is 0 Å². The summed E-state index contributed by atoms with van der Waals surface area (Å²) >= 11 is 0. The van der Waals surface area contributed by atoms with Gasteiger partial charge >= 0.3 is 0 Å². The molecule has 1 N–H and O–H groups in total. The molecule has 0 bridgehead atoms. The van der Waals surface area contributed by atoms with Gasteiger partial charge in [0.25, 0.3) is 0 Å². The van der Waals surface area contributed by atoms with Gasteiger partial charge in [0.1, 0.15) is 0 Å². The molecule has 0 saturated carbocycles. The SMILES string of the molecule is Cc1cccc(CNC(C)C(=O)N2CCCC2)c1. The summed E-state index contributed by atoms with van der Waals surface area (Å²) in [7, 11) is 0. The molecule has 98 valence electrons. The van der Waals surface area contributed by atoms with Crippen LogP contribution in [-0.4, -0.2) is 29.9 Å². The lowest BCUT2D eigenvalue weighted by molar-refractivity contribution is -0.131.